The first kappa shape index (κ1) is 27.1. The van der Waals surface area contributed by atoms with Crippen molar-refractivity contribution in [1.29, 1.82) is 0 Å². The Morgan fingerprint density at radius 1 is 0.900 bits per heavy atom. The quantitative estimate of drug-likeness (QED) is 0.296. The number of hydrogen-bond donors (Lipinski definition) is 3. The Hall–Kier alpha value is -4.53. The Bertz CT molecular complexity index is 1590. The van der Waals surface area contributed by atoms with E-state index in [1.54, 1.807) is 30.5 Å². The molecule has 5 rings (SSSR count). The van der Waals surface area contributed by atoms with Crippen LogP contribution in [0, 0.1) is 13.8 Å². The Balaban J connectivity index is 1.56. The van der Waals surface area contributed by atoms with Crippen LogP contribution in [0.3, 0.4) is 0 Å². The van der Waals surface area contributed by atoms with Crippen LogP contribution in [0.4, 0.5) is 0 Å². The molecular weight excluding hydrogens is 526 g/mol. The van der Waals surface area contributed by atoms with E-state index >= 15 is 0 Å². The van der Waals surface area contributed by atoms with Crippen molar-refractivity contribution >= 4 is 29.0 Å². The van der Waals surface area contributed by atoms with Crippen LogP contribution < -0.4 is 16.1 Å². The molecule has 8 nitrogen and oxygen atoms in total. The number of carbonyl (C=O) groups is 2. The smallest absolute Gasteiger partial charge is 0.231 e. The summed E-state index contributed by atoms with van der Waals surface area (Å²) >= 11 is 6.15. The predicted molar refractivity (Wildman–Crippen MR) is 152 cm³/mol. The molecule has 1 aliphatic rings. The first-order valence-corrected chi connectivity index (χ1v) is 13.1. The van der Waals surface area contributed by atoms with E-state index in [2.05, 4.69) is 26.1 Å². The van der Waals surface area contributed by atoms with Gasteiger partial charge in [0.15, 0.2) is 5.66 Å². The Morgan fingerprint density at radius 3 is 2.30 bits per heavy atom. The second kappa shape index (κ2) is 11.7. The number of hydrogen-bond acceptors (Lipinski definition) is 6. The number of halogens is 1. The monoisotopic (exact) mass is 553 g/mol. The van der Waals surface area contributed by atoms with Gasteiger partial charge in [0.1, 0.15) is 6.33 Å². The third-order valence-electron chi connectivity index (χ3n) is 6.48. The van der Waals surface area contributed by atoms with E-state index in [-0.39, 0.29) is 30.5 Å². The molecule has 4 aromatic rings. The molecule has 0 aliphatic carbocycles. The molecule has 0 fully saturated rings. The molecule has 1 aromatic heterocycles. The van der Waals surface area contributed by atoms with E-state index in [1.165, 1.54) is 6.33 Å². The van der Waals surface area contributed by atoms with Crippen LogP contribution in [-0.4, -0.2) is 21.8 Å². The van der Waals surface area contributed by atoms with Crippen LogP contribution in [0.5, 0.6) is 0 Å². The summed E-state index contributed by atoms with van der Waals surface area (Å²) in [5.41, 5.74) is 6.90. The molecule has 1 unspecified atom stereocenters. The first-order chi connectivity index (χ1) is 19.3. The van der Waals surface area contributed by atoms with Gasteiger partial charge in [0, 0.05) is 16.8 Å². The SMILES string of the molecule is Cc1cccc(CC(=O)NC2=C(c3ccncn3)C(NC(=O)Cc3cccc(Cl)c3)(c3cccc(C)c3)NO2)c1. The molecule has 0 radical (unpaired) electrons. The number of benzene rings is 3. The summed E-state index contributed by atoms with van der Waals surface area (Å²) in [5, 5.41) is 6.56. The second-order valence-corrected chi connectivity index (χ2v) is 10.1. The largest absolute Gasteiger partial charge is 0.387 e. The molecular formula is C31H28ClN5O3. The van der Waals surface area contributed by atoms with Gasteiger partial charge in [-0.2, -0.15) is 0 Å². The van der Waals surface area contributed by atoms with Gasteiger partial charge in [0.05, 0.1) is 24.1 Å². The van der Waals surface area contributed by atoms with Crippen molar-refractivity contribution in [2.75, 3.05) is 0 Å². The number of hydroxylamine groups is 1. The molecule has 0 saturated carbocycles. The fourth-order valence-electron chi connectivity index (χ4n) is 4.74. The molecule has 1 atom stereocenters. The lowest BCUT2D eigenvalue weighted by atomic mass is 9.88. The lowest BCUT2D eigenvalue weighted by molar-refractivity contribution is -0.124. The average Bonchev–Trinajstić information content (AvgIpc) is 3.27. The molecule has 3 N–H and O–H groups in total. The van der Waals surface area contributed by atoms with Crippen LogP contribution in [-0.2, 0) is 32.9 Å². The molecule has 0 bridgehead atoms. The first-order valence-electron chi connectivity index (χ1n) is 12.8. The van der Waals surface area contributed by atoms with Gasteiger partial charge in [-0.05, 0) is 43.2 Å². The summed E-state index contributed by atoms with van der Waals surface area (Å²) in [6, 6.07) is 24.2. The van der Waals surface area contributed by atoms with Gasteiger partial charge in [-0.25, -0.2) is 9.97 Å². The summed E-state index contributed by atoms with van der Waals surface area (Å²) in [4.78, 5) is 41.1. The van der Waals surface area contributed by atoms with Crippen molar-refractivity contribution in [3.8, 4) is 0 Å². The summed E-state index contributed by atoms with van der Waals surface area (Å²) in [7, 11) is 0. The normalized spacial score (nSPS) is 16.4. The van der Waals surface area contributed by atoms with Gasteiger partial charge in [-0.15, -0.1) is 5.48 Å². The third kappa shape index (κ3) is 6.03. The zero-order chi connectivity index (χ0) is 28.1. The number of nitrogens with zero attached hydrogens (tertiary/aromatic N) is 2. The van der Waals surface area contributed by atoms with Gasteiger partial charge >= 0.3 is 0 Å². The maximum atomic E-state index is 13.5. The maximum Gasteiger partial charge on any atom is 0.231 e. The molecule has 0 saturated heterocycles. The summed E-state index contributed by atoms with van der Waals surface area (Å²) in [5.74, 6) is -0.432. The minimum atomic E-state index is -1.37. The van der Waals surface area contributed by atoms with Crippen molar-refractivity contribution in [3.63, 3.8) is 0 Å². The van der Waals surface area contributed by atoms with Gasteiger partial charge in [0.2, 0.25) is 17.7 Å². The van der Waals surface area contributed by atoms with Crippen molar-refractivity contribution < 1.29 is 14.4 Å². The minimum Gasteiger partial charge on any atom is -0.387 e. The van der Waals surface area contributed by atoms with E-state index in [4.69, 9.17) is 16.4 Å². The highest BCUT2D eigenvalue weighted by Crippen LogP contribution is 2.40. The molecule has 3 aromatic carbocycles. The average molecular weight is 554 g/mol. The zero-order valence-electron chi connectivity index (χ0n) is 22.1. The summed E-state index contributed by atoms with van der Waals surface area (Å²) < 4.78 is 0. The van der Waals surface area contributed by atoms with Crippen molar-refractivity contribution in [2.24, 2.45) is 0 Å². The van der Waals surface area contributed by atoms with E-state index in [9.17, 15) is 9.59 Å². The molecule has 2 amide bonds. The lowest BCUT2D eigenvalue weighted by Gasteiger charge is -2.32. The standard InChI is InChI=1S/C31H28ClN5O3/c1-20-6-3-8-22(14-20)17-27(38)35-30-29(26-12-13-33-19-34-26)31(37-40-30,24-10-4-7-21(2)15-24)36-28(39)18-23-9-5-11-25(32)16-23/h3-16,19,37H,17-18H2,1-2H3,(H,35,38)(H,36,39). The van der Waals surface area contributed by atoms with Gasteiger partial charge < -0.3 is 10.2 Å². The number of nitrogens with one attached hydrogen (secondary N) is 3. The summed E-state index contributed by atoms with van der Waals surface area (Å²) in [6.07, 6.45) is 3.21. The number of aryl methyl sites for hydroxylation is 2. The summed E-state index contributed by atoms with van der Waals surface area (Å²) in [6.45, 7) is 3.93. The topological polar surface area (TPSA) is 105 Å². The highest BCUT2D eigenvalue weighted by molar-refractivity contribution is 6.30. The predicted octanol–water partition coefficient (Wildman–Crippen LogP) is 4.52. The Labute approximate surface area is 237 Å². The highest BCUT2D eigenvalue weighted by atomic mass is 35.5. The van der Waals surface area contributed by atoms with Crippen LogP contribution >= 0.6 is 11.6 Å². The van der Waals surface area contributed by atoms with Crippen molar-refractivity contribution in [3.05, 3.63) is 136 Å². The van der Waals surface area contributed by atoms with Crippen LogP contribution in [0.15, 0.2) is 97.3 Å². The fraction of sp³-hybridized carbons (Fsp3) is 0.161. The lowest BCUT2D eigenvalue weighted by Crippen LogP contribution is -2.54. The molecule has 202 valence electrons. The van der Waals surface area contributed by atoms with E-state index in [1.807, 2.05) is 68.4 Å². The van der Waals surface area contributed by atoms with Crippen molar-refractivity contribution in [2.45, 2.75) is 32.4 Å². The van der Waals surface area contributed by atoms with Crippen LogP contribution in [0.2, 0.25) is 5.02 Å². The van der Waals surface area contributed by atoms with Gasteiger partial charge in [-0.3, -0.25) is 14.9 Å². The number of aromatic nitrogens is 2. The Kier molecular flexibility index (Phi) is 7.91. The third-order valence-corrected chi connectivity index (χ3v) is 6.71. The molecule has 2 heterocycles. The van der Waals surface area contributed by atoms with Crippen LogP contribution in [0.25, 0.3) is 5.57 Å². The van der Waals surface area contributed by atoms with Gasteiger partial charge in [0.25, 0.3) is 0 Å². The van der Waals surface area contributed by atoms with Crippen LogP contribution in [0.1, 0.15) is 33.5 Å². The minimum absolute atomic E-state index is 0.0713. The van der Waals surface area contributed by atoms with E-state index in [0.717, 1.165) is 22.3 Å². The number of amides is 2. The van der Waals surface area contributed by atoms with Gasteiger partial charge in [-0.1, -0.05) is 83.4 Å². The highest BCUT2D eigenvalue weighted by Gasteiger charge is 2.48. The molecule has 0 spiro atoms. The number of rotatable bonds is 8. The Morgan fingerprint density at radius 2 is 1.60 bits per heavy atom. The van der Waals surface area contributed by atoms with Crippen molar-refractivity contribution in [1.82, 2.24) is 26.1 Å². The second-order valence-electron chi connectivity index (χ2n) is 9.69. The molecule has 1 aliphatic heterocycles. The molecule has 40 heavy (non-hydrogen) atoms. The fourth-order valence-corrected chi connectivity index (χ4v) is 4.95. The van der Waals surface area contributed by atoms with E-state index in [0.29, 0.717) is 21.9 Å². The molecule has 9 heteroatoms. The maximum absolute atomic E-state index is 13.5. The van der Waals surface area contributed by atoms with E-state index < -0.39 is 5.66 Å². The number of carbonyl (C=O) groups excluding carboxylic acids is 2. The zero-order valence-corrected chi connectivity index (χ0v) is 22.8.